The molecule has 4 heteroatoms. The molecule has 1 aromatic heterocycles. The van der Waals surface area contributed by atoms with Crippen LogP contribution in [-0.4, -0.2) is 33.0 Å². The largest absolute Gasteiger partial charge is 0.396 e. The summed E-state index contributed by atoms with van der Waals surface area (Å²) in [6, 6.07) is 0.587. The van der Waals surface area contributed by atoms with Crippen molar-refractivity contribution in [3.63, 3.8) is 0 Å². The molecule has 1 aliphatic heterocycles. The van der Waals surface area contributed by atoms with Crippen molar-refractivity contribution in [3.8, 4) is 0 Å². The molecule has 0 atom stereocenters. The molecule has 78 valence electrons. The van der Waals surface area contributed by atoms with E-state index in [1.807, 2.05) is 18.0 Å². The fourth-order valence-corrected chi connectivity index (χ4v) is 2.87. The van der Waals surface area contributed by atoms with Gasteiger partial charge >= 0.3 is 0 Å². The molecule has 1 aliphatic rings. The zero-order valence-corrected chi connectivity index (χ0v) is 9.04. The summed E-state index contributed by atoms with van der Waals surface area (Å²) in [6.07, 6.45) is 7.13. The highest BCUT2D eigenvalue weighted by Crippen LogP contribution is 2.26. The third-order valence-corrected chi connectivity index (χ3v) is 3.67. The summed E-state index contributed by atoms with van der Waals surface area (Å²) in [5.74, 6) is 2.50. The number of hydrogen-bond donors (Lipinski definition) is 1. The van der Waals surface area contributed by atoms with Gasteiger partial charge < -0.3 is 5.11 Å². The number of aliphatic hydroxyl groups excluding tert-OH is 1. The summed E-state index contributed by atoms with van der Waals surface area (Å²) >= 11 is 2.03. The molecule has 0 radical (unpaired) electrons. The Balaban J connectivity index is 2.00. The fraction of sp³-hybridized carbons (Fsp3) is 0.700. The third kappa shape index (κ3) is 2.30. The van der Waals surface area contributed by atoms with E-state index in [4.69, 9.17) is 5.11 Å². The van der Waals surface area contributed by atoms with E-state index in [0.717, 1.165) is 12.0 Å². The Hall–Kier alpha value is -0.480. The number of thioether (sulfide) groups is 1. The van der Waals surface area contributed by atoms with Crippen molar-refractivity contribution in [2.45, 2.75) is 25.3 Å². The molecule has 0 aliphatic carbocycles. The molecule has 1 fully saturated rings. The standard InChI is InChI=1S/C10H16N2OS/c13-4-1-9-7-11-12(8-9)10-2-5-14-6-3-10/h7-8,10,13H,1-6H2. The lowest BCUT2D eigenvalue weighted by Crippen LogP contribution is -2.15. The SMILES string of the molecule is OCCc1cnn(C2CCSCC2)c1. The van der Waals surface area contributed by atoms with Gasteiger partial charge in [-0.25, -0.2) is 0 Å². The summed E-state index contributed by atoms with van der Waals surface area (Å²) in [5, 5.41) is 13.2. The molecule has 1 saturated heterocycles. The van der Waals surface area contributed by atoms with Crippen LogP contribution in [0.2, 0.25) is 0 Å². The van der Waals surface area contributed by atoms with Crippen molar-refractivity contribution in [1.82, 2.24) is 9.78 Å². The van der Waals surface area contributed by atoms with Gasteiger partial charge in [-0.1, -0.05) is 0 Å². The Kier molecular flexibility index (Phi) is 3.48. The molecule has 2 heterocycles. The Bertz CT molecular complexity index is 281. The zero-order chi connectivity index (χ0) is 9.80. The van der Waals surface area contributed by atoms with Crippen LogP contribution in [0.25, 0.3) is 0 Å². The first-order chi connectivity index (χ1) is 6.90. The molecule has 0 spiro atoms. The molecule has 14 heavy (non-hydrogen) atoms. The highest BCUT2D eigenvalue weighted by molar-refractivity contribution is 7.99. The third-order valence-electron chi connectivity index (χ3n) is 2.62. The predicted octanol–water partition coefficient (Wildman–Crippen LogP) is 1.49. The zero-order valence-electron chi connectivity index (χ0n) is 8.22. The molecule has 0 amide bonds. The first-order valence-electron chi connectivity index (χ1n) is 5.12. The molecular formula is C10H16N2OS. The van der Waals surface area contributed by atoms with Gasteiger partial charge in [-0.2, -0.15) is 16.9 Å². The van der Waals surface area contributed by atoms with Crippen LogP contribution in [0.1, 0.15) is 24.4 Å². The Morgan fingerprint density at radius 3 is 3.00 bits per heavy atom. The maximum absolute atomic E-state index is 8.80. The first-order valence-corrected chi connectivity index (χ1v) is 6.27. The van der Waals surface area contributed by atoms with Crippen LogP contribution in [0.4, 0.5) is 0 Å². The van der Waals surface area contributed by atoms with E-state index in [-0.39, 0.29) is 6.61 Å². The number of rotatable bonds is 3. The van der Waals surface area contributed by atoms with Crippen molar-refractivity contribution >= 4 is 11.8 Å². The maximum Gasteiger partial charge on any atom is 0.0535 e. The lowest BCUT2D eigenvalue weighted by molar-refractivity contribution is 0.299. The average Bonchev–Trinajstić information content (AvgIpc) is 2.68. The maximum atomic E-state index is 8.80. The molecule has 2 rings (SSSR count). The van der Waals surface area contributed by atoms with Gasteiger partial charge in [0.1, 0.15) is 0 Å². The molecular weight excluding hydrogens is 196 g/mol. The number of hydrogen-bond acceptors (Lipinski definition) is 3. The van der Waals surface area contributed by atoms with E-state index in [0.29, 0.717) is 6.04 Å². The summed E-state index contributed by atoms with van der Waals surface area (Å²) in [7, 11) is 0. The second-order valence-electron chi connectivity index (χ2n) is 3.65. The van der Waals surface area contributed by atoms with Crippen molar-refractivity contribution in [3.05, 3.63) is 18.0 Å². The normalized spacial score (nSPS) is 18.6. The van der Waals surface area contributed by atoms with Gasteiger partial charge in [0.25, 0.3) is 0 Å². The fourth-order valence-electron chi connectivity index (χ4n) is 1.78. The predicted molar refractivity (Wildman–Crippen MR) is 58.6 cm³/mol. The topological polar surface area (TPSA) is 38.1 Å². The van der Waals surface area contributed by atoms with Gasteiger partial charge in [0.2, 0.25) is 0 Å². The van der Waals surface area contributed by atoms with E-state index in [9.17, 15) is 0 Å². The highest BCUT2D eigenvalue weighted by Gasteiger charge is 2.15. The monoisotopic (exact) mass is 212 g/mol. The van der Waals surface area contributed by atoms with E-state index >= 15 is 0 Å². The van der Waals surface area contributed by atoms with E-state index < -0.39 is 0 Å². The van der Waals surface area contributed by atoms with Crippen molar-refractivity contribution in [2.24, 2.45) is 0 Å². The van der Waals surface area contributed by atoms with Crippen LogP contribution in [0, 0.1) is 0 Å². The van der Waals surface area contributed by atoms with Crippen LogP contribution >= 0.6 is 11.8 Å². The Morgan fingerprint density at radius 2 is 2.29 bits per heavy atom. The number of nitrogens with zero attached hydrogens (tertiary/aromatic N) is 2. The van der Waals surface area contributed by atoms with Gasteiger partial charge in [-0.3, -0.25) is 4.68 Å². The van der Waals surface area contributed by atoms with Crippen molar-refractivity contribution < 1.29 is 5.11 Å². The van der Waals surface area contributed by atoms with E-state index in [1.165, 1.54) is 24.3 Å². The van der Waals surface area contributed by atoms with Crippen molar-refractivity contribution in [1.29, 1.82) is 0 Å². The van der Waals surface area contributed by atoms with Crippen LogP contribution in [0.3, 0.4) is 0 Å². The molecule has 3 nitrogen and oxygen atoms in total. The van der Waals surface area contributed by atoms with Crippen LogP contribution in [-0.2, 0) is 6.42 Å². The minimum atomic E-state index is 0.214. The van der Waals surface area contributed by atoms with E-state index in [2.05, 4.69) is 16.0 Å². The second-order valence-corrected chi connectivity index (χ2v) is 4.87. The van der Waals surface area contributed by atoms with Gasteiger partial charge in [0.05, 0.1) is 12.2 Å². The number of aromatic nitrogens is 2. The summed E-state index contributed by atoms with van der Waals surface area (Å²) in [4.78, 5) is 0. The molecule has 0 saturated carbocycles. The summed E-state index contributed by atoms with van der Waals surface area (Å²) in [6.45, 7) is 0.214. The van der Waals surface area contributed by atoms with Crippen LogP contribution in [0.5, 0.6) is 0 Å². The van der Waals surface area contributed by atoms with Gasteiger partial charge in [-0.15, -0.1) is 0 Å². The quantitative estimate of drug-likeness (QED) is 0.825. The lowest BCUT2D eigenvalue weighted by atomic mass is 10.1. The van der Waals surface area contributed by atoms with Crippen LogP contribution in [0.15, 0.2) is 12.4 Å². The smallest absolute Gasteiger partial charge is 0.0535 e. The van der Waals surface area contributed by atoms with Gasteiger partial charge in [0.15, 0.2) is 0 Å². The van der Waals surface area contributed by atoms with E-state index in [1.54, 1.807) is 0 Å². The van der Waals surface area contributed by atoms with Crippen molar-refractivity contribution in [2.75, 3.05) is 18.1 Å². The first kappa shape index (κ1) is 10.1. The lowest BCUT2D eigenvalue weighted by Gasteiger charge is -2.21. The molecule has 1 N–H and O–H groups in total. The summed E-state index contributed by atoms with van der Waals surface area (Å²) < 4.78 is 2.07. The second kappa shape index (κ2) is 4.84. The molecule has 0 aromatic carbocycles. The Morgan fingerprint density at radius 1 is 1.50 bits per heavy atom. The van der Waals surface area contributed by atoms with Gasteiger partial charge in [-0.05, 0) is 36.3 Å². The minimum absolute atomic E-state index is 0.214. The van der Waals surface area contributed by atoms with Gasteiger partial charge in [0, 0.05) is 12.8 Å². The molecule has 0 bridgehead atoms. The summed E-state index contributed by atoms with van der Waals surface area (Å²) in [5.41, 5.74) is 1.14. The molecule has 0 unspecified atom stereocenters. The van der Waals surface area contributed by atoms with Crippen LogP contribution < -0.4 is 0 Å². The average molecular weight is 212 g/mol. The Labute approximate surface area is 88.5 Å². The molecule has 1 aromatic rings. The minimum Gasteiger partial charge on any atom is -0.396 e. The highest BCUT2D eigenvalue weighted by atomic mass is 32.2. The number of aliphatic hydroxyl groups is 1.